The summed E-state index contributed by atoms with van der Waals surface area (Å²) in [5.74, 6) is -2.23. The summed E-state index contributed by atoms with van der Waals surface area (Å²) in [4.78, 5) is 23.4. The van der Waals surface area contributed by atoms with Crippen LogP contribution < -0.4 is 0 Å². The number of rotatable bonds is 18. The highest BCUT2D eigenvalue weighted by molar-refractivity contribution is 5.77. The Morgan fingerprint density at radius 3 is 1.72 bits per heavy atom. The van der Waals surface area contributed by atoms with Gasteiger partial charge in [-0.15, -0.1) is 0 Å². The summed E-state index contributed by atoms with van der Waals surface area (Å²) < 4.78 is 32.4. The number of hydrogen-bond donors (Lipinski definition) is 2. The molecule has 29 heavy (non-hydrogen) atoms. The van der Waals surface area contributed by atoms with Gasteiger partial charge in [-0.3, -0.25) is 9.59 Å². The first-order valence-electron chi connectivity index (χ1n) is 9.93. The fourth-order valence-electron chi connectivity index (χ4n) is 3.13. The SMILES string of the molecule is CC(OCCOCC1CO1)C(CCC(=O)O)(C(=O)O)C(C)OCCOCC1CO1. The molecule has 2 rings (SSSR count). The smallest absolute Gasteiger partial charge is 0.314 e. The highest BCUT2D eigenvalue weighted by atomic mass is 16.6. The molecule has 0 radical (unpaired) electrons. The Kier molecular flexibility index (Phi) is 9.73. The summed E-state index contributed by atoms with van der Waals surface area (Å²) in [7, 11) is 0. The molecule has 10 nitrogen and oxygen atoms in total. The van der Waals surface area contributed by atoms with E-state index in [0.29, 0.717) is 39.6 Å². The predicted octanol–water partition coefficient (Wildman–Crippen LogP) is 0.563. The number of ether oxygens (including phenoxy) is 6. The normalized spacial score (nSPS) is 24.5. The zero-order valence-electron chi connectivity index (χ0n) is 17.0. The van der Waals surface area contributed by atoms with Crippen molar-refractivity contribution in [3.8, 4) is 0 Å². The van der Waals surface area contributed by atoms with E-state index in [9.17, 15) is 14.7 Å². The van der Waals surface area contributed by atoms with Gasteiger partial charge in [-0.1, -0.05) is 0 Å². The molecule has 4 unspecified atom stereocenters. The van der Waals surface area contributed by atoms with Crippen LogP contribution in [0.5, 0.6) is 0 Å². The maximum atomic E-state index is 12.2. The first kappa shape index (κ1) is 24.0. The van der Waals surface area contributed by atoms with Crippen LogP contribution in [0.1, 0.15) is 26.7 Å². The molecule has 2 aliphatic rings. The van der Waals surface area contributed by atoms with Gasteiger partial charge in [0.2, 0.25) is 0 Å². The summed E-state index contributed by atoms with van der Waals surface area (Å²) in [6, 6.07) is 0. The third-order valence-electron chi connectivity index (χ3n) is 5.20. The van der Waals surface area contributed by atoms with Gasteiger partial charge in [0.05, 0.1) is 65.1 Å². The van der Waals surface area contributed by atoms with Gasteiger partial charge in [0.1, 0.15) is 17.6 Å². The van der Waals surface area contributed by atoms with E-state index in [1.165, 1.54) is 0 Å². The molecular weight excluding hydrogens is 388 g/mol. The van der Waals surface area contributed by atoms with Crippen LogP contribution in [0.15, 0.2) is 0 Å². The molecule has 0 aromatic rings. The molecule has 10 heteroatoms. The fourth-order valence-corrected chi connectivity index (χ4v) is 3.13. The van der Waals surface area contributed by atoms with Crippen molar-refractivity contribution in [2.75, 3.05) is 52.9 Å². The molecule has 0 spiro atoms. The minimum absolute atomic E-state index is 0.118. The number of carboxylic acids is 2. The second-order valence-corrected chi connectivity index (χ2v) is 7.33. The lowest BCUT2D eigenvalue weighted by molar-refractivity contribution is -0.181. The topological polar surface area (TPSA) is 137 Å². The second kappa shape index (κ2) is 11.8. The van der Waals surface area contributed by atoms with Crippen molar-refractivity contribution in [1.82, 2.24) is 0 Å². The van der Waals surface area contributed by atoms with E-state index < -0.39 is 29.6 Å². The van der Waals surface area contributed by atoms with Crippen LogP contribution in [0.25, 0.3) is 0 Å². The third kappa shape index (κ3) is 8.15. The number of aliphatic carboxylic acids is 2. The Morgan fingerprint density at radius 2 is 1.38 bits per heavy atom. The summed E-state index contributed by atoms with van der Waals surface area (Å²) >= 11 is 0. The number of carboxylic acid groups (broad SMARTS) is 2. The van der Waals surface area contributed by atoms with Gasteiger partial charge < -0.3 is 38.6 Å². The summed E-state index contributed by atoms with van der Waals surface area (Å²) in [5, 5.41) is 19.1. The summed E-state index contributed by atoms with van der Waals surface area (Å²) in [6.45, 7) is 6.57. The molecule has 2 N–H and O–H groups in total. The summed E-state index contributed by atoms with van der Waals surface area (Å²) in [6.07, 6.45) is -1.70. The van der Waals surface area contributed by atoms with Crippen molar-refractivity contribution in [3.05, 3.63) is 0 Å². The van der Waals surface area contributed by atoms with Crippen molar-refractivity contribution >= 4 is 11.9 Å². The van der Waals surface area contributed by atoms with Crippen molar-refractivity contribution in [2.45, 2.75) is 51.1 Å². The lowest BCUT2D eigenvalue weighted by atomic mass is 9.74. The largest absolute Gasteiger partial charge is 0.481 e. The van der Waals surface area contributed by atoms with Gasteiger partial charge in [-0.2, -0.15) is 0 Å². The van der Waals surface area contributed by atoms with E-state index in [0.717, 1.165) is 0 Å². The van der Waals surface area contributed by atoms with Gasteiger partial charge >= 0.3 is 11.9 Å². The Labute approximate surface area is 170 Å². The Morgan fingerprint density at radius 1 is 0.931 bits per heavy atom. The molecule has 0 aliphatic carbocycles. The molecule has 2 fully saturated rings. The first-order chi connectivity index (χ1) is 13.9. The van der Waals surface area contributed by atoms with Crippen molar-refractivity contribution < 1.29 is 48.2 Å². The van der Waals surface area contributed by atoms with E-state index in [1.54, 1.807) is 13.8 Å². The Bertz CT molecular complexity index is 489. The highest BCUT2D eigenvalue weighted by Crippen LogP contribution is 2.37. The monoisotopic (exact) mass is 420 g/mol. The van der Waals surface area contributed by atoms with E-state index >= 15 is 0 Å². The number of epoxide rings is 2. The lowest BCUT2D eigenvalue weighted by Crippen LogP contribution is -2.52. The lowest BCUT2D eigenvalue weighted by Gasteiger charge is -2.39. The first-order valence-corrected chi connectivity index (χ1v) is 9.93. The Hall–Kier alpha value is -1.30. The molecule has 2 heterocycles. The van der Waals surface area contributed by atoms with Gasteiger partial charge in [-0.25, -0.2) is 0 Å². The molecule has 168 valence electrons. The highest BCUT2D eigenvalue weighted by Gasteiger charge is 2.50. The van der Waals surface area contributed by atoms with Crippen molar-refractivity contribution in [1.29, 1.82) is 0 Å². The van der Waals surface area contributed by atoms with Crippen LogP contribution >= 0.6 is 0 Å². The van der Waals surface area contributed by atoms with Gasteiger partial charge in [-0.05, 0) is 20.3 Å². The number of carbonyl (C=O) groups is 2. The molecule has 2 aliphatic heterocycles. The summed E-state index contributed by atoms with van der Waals surface area (Å²) in [5.41, 5.74) is -1.52. The zero-order valence-corrected chi connectivity index (χ0v) is 17.0. The fraction of sp³-hybridized carbons (Fsp3) is 0.895. The van der Waals surface area contributed by atoms with E-state index in [4.69, 9.17) is 33.5 Å². The van der Waals surface area contributed by atoms with Gasteiger partial charge in [0.25, 0.3) is 0 Å². The van der Waals surface area contributed by atoms with Crippen LogP contribution in [0, 0.1) is 5.41 Å². The molecule has 0 amide bonds. The molecule has 0 aromatic carbocycles. The van der Waals surface area contributed by atoms with Crippen LogP contribution in [-0.2, 0) is 38.0 Å². The molecule has 0 bridgehead atoms. The number of hydrogen-bond acceptors (Lipinski definition) is 8. The predicted molar refractivity (Wildman–Crippen MR) is 98.9 cm³/mol. The standard InChI is InChI=1S/C19H32O10/c1-13(26-7-5-24-9-15-11-28-15)19(18(22)23,4-3-17(20)21)14(2)27-8-6-25-10-16-12-29-16/h13-16H,3-12H2,1-2H3,(H,20,21)(H,22,23). The minimum Gasteiger partial charge on any atom is -0.481 e. The van der Waals surface area contributed by atoms with Crippen LogP contribution in [0.4, 0.5) is 0 Å². The molecular formula is C19H32O10. The van der Waals surface area contributed by atoms with Gasteiger partial charge in [0, 0.05) is 6.42 Å². The quantitative estimate of drug-likeness (QED) is 0.239. The van der Waals surface area contributed by atoms with Crippen LogP contribution in [0.3, 0.4) is 0 Å². The molecule has 4 atom stereocenters. The van der Waals surface area contributed by atoms with Crippen molar-refractivity contribution in [3.63, 3.8) is 0 Å². The third-order valence-corrected chi connectivity index (χ3v) is 5.20. The van der Waals surface area contributed by atoms with Crippen LogP contribution in [-0.4, -0.2) is 99.4 Å². The molecule has 2 saturated heterocycles. The van der Waals surface area contributed by atoms with Crippen LogP contribution in [0.2, 0.25) is 0 Å². The second-order valence-electron chi connectivity index (χ2n) is 7.33. The molecule has 0 aromatic heterocycles. The van der Waals surface area contributed by atoms with Crippen molar-refractivity contribution in [2.24, 2.45) is 5.41 Å². The zero-order chi connectivity index (χ0) is 21.3. The maximum Gasteiger partial charge on any atom is 0.314 e. The minimum atomic E-state index is -1.52. The molecule has 0 saturated carbocycles. The van der Waals surface area contributed by atoms with E-state index in [2.05, 4.69) is 0 Å². The average molecular weight is 420 g/mol. The van der Waals surface area contributed by atoms with E-state index in [-0.39, 0.29) is 38.3 Å². The average Bonchev–Trinajstić information content (AvgIpc) is 3.56. The maximum absolute atomic E-state index is 12.2. The Balaban J connectivity index is 1.87. The van der Waals surface area contributed by atoms with E-state index in [1.807, 2.05) is 0 Å². The van der Waals surface area contributed by atoms with Gasteiger partial charge in [0.15, 0.2) is 0 Å².